The van der Waals surface area contributed by atoms with E-state index in [0.29, 0.717) is 22.3 Å². The fourth-order valence-electron chi connectivity index (χ4n) is 2.21. The van der Waals surface area contributed by atoms with Crippen molar-refractivity contribution in [2.75, 3.05) is 11.9 Å². The molecule has 2 N–H and O–H groups in total. The van der Waals surface area contributed by atoms with Crippen LogP contribution in [0.4, 0.5) is 10.1 Å². The van der Waals surface area contributed by atoms with Gasteiger partial charge in [-0.2, -0.15) is 0 Å². The van der Waals surface area contributed by atoms with Crippen LogP contribution in [0, 0.1) is 5.82 Å². The predicted octanol–water partition coefficient (Wildman–Crippen LogP) is 4.19. The van der Waals surface area contributed by atoms with Gasteiger partial charge in [-0.1, -0.05) is 19.1 Å². The van der Waals surface area contributed by atoms with Crippen molar-refractivity contribution in [3.63, 3.8) is 0 Å². The molecule has 0 aliphatic rings. The number of carbonyl (C=O) groups is 2. The first-order valence-corrected chi connectivity index (χ1v) is 8.95. The maximum Gasteiger partial charge on any atom is 0.258 e. The second-order valence-corrected chi connectivity index (χ2v) is 6.53. The van der Waals surface area contributed by atoms with E-state index in [1.54, 1.807) is 19.1 Å². The number of ether oxygens (including phenoxy) is 1. The summed E-state index contributed by atoms with van der Waals surface area (Å²) in [7, 11) is 0. The van der Waals surface area contributed by atoms with E-state index in [-0.39, 0.29) is 30.3 Å². The van der Waals surface area contributed by atoms with Gasteiger partial charge in [0, 0.05) is 12.1 Å². The van der Waals surface area contributed by atoms with Crippen molar-refractivity contribution < 1.29 is 18.7 Å². The zero-order valence-corrected chi connectivity index (χ0v) is 16.1. The summed E-state index contributed by atoms with van der Waals surface area (Å²) in [4.78, 5) is 23.4. The van der Waals surface area contributed by atoms with Crippen LogP contribution in [0.1, 0.15) is 31.9 Å². The molecule has 7 heteroatoms. The van der Waals surface area contributed by atoms with Gasteiger partial charge in [-0.3, -0.25) is 9.59 Å². The Morgan fingerprint density at radius 2 is 1.85 bits per heavy atom. The molecule has 138 valence electrons. The Hall–Kier alpha value is -2.41. The Bertz CT molecular complexity index is 781. The molecule has 0 heterocycles. The van der Waals surface area contributed by atoms with E-state index in [2.05, 4.69) is 26.6 Å². The maximum atomic E-state index is 13.0. The van der Waals surface area contributed by atoms with E-state index in [4.69, 9.17) is 4.74 Å². The topological polar surface area (TPSA) is 67.4 Å². The van der Waals surface area contributed by atoms with Crippen LogP contribution >= 0.6 is 15.9 Å². The molecule has 2 aromatic carbocycles. The largest absolute Gasteiger partial charge is 0.483 e. The molecule has 2 rings (SSSR count). The molecule has 0 fully saturated rings. The summed E-state index contributed by atoms with van der Waals surface area (Å²) >= 11 is 3.19. The molecule has 0 bridgehead atoms. The first kappa shape index (κ1) is 19.9. The van der Waals surface area contributed by atoms with Crippen molar-refractivity contribution in [2.45, 2.75) is 26.3 Å². The number of halogens is 2. The number of hydrogen-bond acceptors (Lipinski definition) is 3. The molecule has 0 radical (unpaired) electrons. The van der Waals surface area contributed by atoms with Gasteiger partial charge in [0.2, 0.25) is 5.91 Å². The van der Waals surface area contributed by atoms with E-state index in [1.807, 2.05) is 19.1 Å². The van der Waals surface area contributed by atoms with Crippen LogP contribution in [0.5, 0.6) is 5.75 Å². The van der Waals surface area contributed by atoms with Crippen molar-refractivity contribution in [3.8, 4) is 5.75 Å². The fourth-order valence-corrected chi connectivity index (χ4v) is 2.67. The molecule has 0 saturated carbocycles. The summed E-state index contributed by atoms with van der Waals surface area (Å²) in [6, 6.07) is 11.0. The molecule has 1 atom stereocenters. The van der Waals surface area contributed by atoms with Crippen molar-refractivity contribution in [3.05, 3.63) is 58.3 Å². The number of amides is 2. The van der Waals surface area contributed by atoms with Crippen molar-refractivity contribution in [1.29, 1.82) is 0 Å². The normalized spacial score (nSPS) is 11.5. The quantitative estimate of drug-likeness (QED) is 0.702. The van der Waals surface area contributed by atoms with E-state index in [0.717, 1.165) is 5.56 Å². The number of rotatable bonds is 7. The van der Waals surface area contributed by atoms with Crippen LogP contribution in [-0.2, 0) is 9.59 Å². The standard InChI is InChI=1S/C19H20BrFN2O3/c1-3-18(24)23-15-7-4-13(5-8-15)12(2)22-19(25)11-26-17-9-6-14(21)10-16(17)20/h4-10,12H,3,11H2,1-2H3,(H,22,25)(H,23,24). The van der Waals surface area contributed by atoms with Gasteiger partial charge in [-0.05, 0) is 58.7 Å². The molecule has 2 amide bonds. The summed E-state index contributed by atoms with van der Waals surface area (Å²) in [5, 5.41) is 5.60. The van der Waals surface area contributed by atoms with Crippen molar-refractivity contribution >= 4 is 33.4 Å². The first-order valence-electron chi connectivity index (χ1n) is 8.16. The average Bonchev–Trinajstić information content (AvgIpc) is 2.61. The van der Waals surface area contributed by atoms with Gasteiger partial charge in [0.1, 0.15) is 11.6 Å². The molecule has 26 heavy (non-hydrogen) atoms. The Kier molecular flexibility index (Phi) is 7.15. The van der Waals surface area contributed by atoms with Crippen LogP contribution in [0.2, 0.25) is 0 Å². The van der Waals surface area contributed by atoms with Crippen molar-refractivity contribution in [1.82, 2.24) is 5.32 Å². The van der Waals surface area contributed by atoms with E-state index < -0.39 is 0 Å². The molecule has 5 nitrogen and oxygen atoms in total. The Morgan fingerprint density at radius 3 is 2.46 bits per heavy atom. The highest BCUT2D eigenvalue weighted by atomic mass is 79.9. The number of hydrogen-bond donors (Lipinski definition) is 2. The fraction of sp³-hybridized carbons (Fsp3) is 0.263. The monoisotopic (exact) mass is 422 g/mol. The number of anilines is 1. The molecular weight excluding hydrogens is 403 g/mol. The summed E-state index contributed by atoms with van der Waals surface area (Å²) in [6.07, 6.45) is 0.415. The Balaban J connectivity index is 1.87. The lowest BCUT2D eigenvalue weighted by atomic mass is 10.1. The van der Waals surface area contributed by atoms with E-state index >= 15 is 0 Å². The second-order valence-electron chi connectivity index (χ2n) is 5.68. The van der Waals surface area contributed by atoms with E-state index in [9.17, 15) is 14.0 Å². The molecule has 0 aromatic heterocycles. The number of nitrogens with one attached hydrogen (secondary N) is 2. The van der Waals surface area contributed by atoms with E-state index in [1.165, 1.54) is 18.2 Å². The van der Waals surface area contributed by atoms with Gasteiger partial charge in [0.05, 0.1) is 10.5 Å². The van der Waals surface area contributed by atoms with Crippen molar-refractivity contribution in [2.24, 2.45) is 0 Å². The SMILES string of the molecule is CCC(=O)Nc1ccc(C(C)NC(=O)COc2ccc(F)cc2Br)cc1. The first-order chi connectivity index (χ1) is 12.4. The third-order valence-corrected chi connectivity index (χ3v) is 4.27. The van der Waals surface area contributed by atoms with Crippen LogP contribution in [0.15, 0.2) is 46.9 Å². The van der Waals surface area contributed by atoms with Crippen LogP contribution < -0.4 is 15.4 Å². The van der Waals surface area contributed by atoms with Gasteiger partial charge in [-0.15, -0.1) is 0 Å². The van der Waals surface area contributed by atoms with Gasteiger partial charge < -0.3 is 15.4 Å². The molecule has 0 saturated heterocycles. The summed E-state index contributed by atoms with van der Waals surface area (Å²) in [6.45, 7) is 3.46. The lowest BCUT2D eigenvalue weighted by Crippen LogP contribution is -2.31. The third kappa shape index (κ3) is 5.84. The number of carbonyl (C=O) groups excluding carboxylic acids is 2. The summed E-state index contributed by atoms with van der Waals surface area (Å²) in [5.74, 6) is -0.341. The van der Waals surface area contributed by atoms with Crippen LogP contribution in [0.25, 0.3) is 0 Å². The zero-order chi connectivity index (χ0) is 19.1. The second kappa shape index (κ2) is 9.33. The maximum absolute atomic E-state index is 13.0. The predicted molar refractivity (Wildman–Crippen MR) is 102 cm³/mol. The Labute approximate surface area is 160 Å². The Morgan fingerprint density at radius 1 is 1.15 bits per heavy atom. The minimum absolute atomic E-state index is 0.0526. The highest BCUT2D eigenvalue weighted by Crippen LogP contribution is 2.25. The smallest absolute Gasteiger partial charge is 0.258 e. The molecule has 0 aliphatic heterocycles. The zero-order valence-electron chi connectivity index (χ0n) is 14.5. The molecule has 0 spiro atoms. The average molecular weight is 423 g/mol. The van der Waals surface area contributed by atoms with Gasteiger partial charge >= 0.3 is 0 Å². The lowest BCUT2D eigenvalue weighted by molar-refractivity contribution is -0.123. The molecule has 2 aromatic rings. The highest BCUT2D eigenvalue weighted by molar-refractivity contribution is 9.10. The molecule has 1 unspecified atom stereocenters. The summed E-state index contributed by atoms with van der Waals surface area (Å²) in [5.41, 5.74) is 1.61. The summed E-state index contributed by atoms with van der Waals surface area (Å²) < 4.78 is 18.9. The van der Waals surface area contributed by atoms with Gasteiger partial charge in [-0.25, -0.2) is 4.39 Å². The third-order valence-electron chi connectivity index (χ3n) is 3.65. The lowest BCUT2D eigenvalue weighted by Gasteiger charge is -2.15. The number of benzene rings is 2. The van der Waals surface area contributed by atoms with Crippen LogP contribution in [-0.4, -0.2) is 18.4 Å². The van der Waals surface area contributed by atoms with Crippen LogP contribution in [0.3, 0.4) is 0 Å². The minimum atomic E-state index is -0.388. The molecule has 0 aliphatic carbocycles. The van der Waals surface area contributed by atoms with Gasteiger partial charge in [0.15, 0.2) is 6.61 Å². The minimum Gasteiger partial charge on any atom is -0.483 e. The van der Waals surface area contributed by atoms with Gasteiger partial charge in [0.25, 0.3) is 5.91 Å². The molecular formula is C19H20BrFN2O3. The highest BCUT2D eigenvalue weighted by Gasteiger charge is 2.11.